The molecule has 0 fully saturated rings. The number of aromatic nitrogens is 1. The van der Waals surface area contributed by atoms with E-state index in [0.29, 0.717) is 0 Å². The molecule has 2 heteroatoms. The minimum absolute atomic E-state index is 0.233. The number of allylic oxidation sites excluding steroid dienone is 1. The summed E-state index contributed by atoms with van der Waals surface area (Å²) in [5.41, 5.74) is 6.11. The molecule has 3 rings (SSSR count). The van der Waals surface area contributed by atoms with Crippen LogP contribution in [0.1, 0.15) is 49.2 Å². The van der Waals surface area contributed by atoms with Gasteiger partial charge in [-0.2, -0.15) is 0 Å². The van der Waals surface area contributed by atoms with Crippen molar-refractivity contribution in [2.75, 3.05) is 0 Å². The Morgan fingerprint density at radius 3 is 2.00 bits per heavy atom. The zero-order valence-corrected chi connectivity index (χ0v) is 15.6. The van der Waals surface area contributed by atoms with Gasteiger partial charge >= 0.3 is 0 Å². The third-order valence-electron chi connectivity index (χ3n) is 4.55. The molecule has 0 bridgehead atoms. The third-order valence-corrected chi connectivity index (χ3v) is 4.55. The number of rotatable bonds is 6. The molecular weight excluding hydrogens is 318 g/mol. The summed E-state index contributed by atoms with van der Waals surface area (Å²) in [5.74, 6) is 0.233. The van der Waals surface area contributed by atoms with Crippen molar-refractivity contribution in [1.82, 2.24) is 4.57 Å². The first-order valence-electron chi connectivity index (χ1n) is 9.19. The van der Waals surface area contributed by atoms with Crippen molar-refractivity contribution in [3.63, 3.8) is 0 Å². The highest BCUT2D eigenvalue weighted by molar-refractivity contribution is 5.98. The van der Waals surface area contributed by atoms with E-state index in [0.717, 1.165) is 46.3 Å². The summed E-state index contributed by atoms with van der Waals surface area (Å²) in [6.45, 7) is 6.40. The Bertz CT molecular complexity index is 902. The summed E-state index contributed by atoms with van der Waals surface area (Å²) in [6, 6.07) is 20.5. The van der Waals surface area contributed by atoms with Crippen molar-refractivity contribution in [2.45, 2.75) is 33.1 Å². The lowest BCUT2D eigenvalue weighted by Gasteiger charge is -2.13. The van der Waals surface area contributed by atoms with Crippen molar-refractivity contribution in [3.8, 4) is 22.4 Å². The zero-order chi connectivity index (χ0) is 18.5. The molecule has 0 amide bonds. The summed E-state index contributed by atoms with van der Waals surface area (Å²) in [4.78, 5) is 12.2. The van der Waals surface area contributed by atoms with Gasteiger partial charge in [-0.05, 0) is 23.5 Å². The molecule has 0 saturated carbocycles. The Morgan fingerprint density at radius 2 is 1.50 bits per heavy atom. The molecule has 0 atom stereocenters. The van der Waals surface area contributed by atoms with Gasteiger partial charge in [0.15, 0.2) is 6.29 Å². The van der Waals surface area contributed by atoms with Crippen LogP contribution in [-0.2, 0) is 0 Å². The van der Waals surface area contributed by atoms with Gasteiger partial charge in [0.2, 0.25) is 0 Å². The number of hydrogen-bond acceptors (Lipinski definition) is 1. The SMILES string of the molecule is CC/C=C/n1c(-c2ccccc2)c(-c2ccccc2)c(C=O)c1C(C)C. The number of carbonyl (C=O) groups is 1. The number of benzene rings is 2. The molecule has 1 heterocycles. The molecule has 2 nitrogen and oxygen atoms in total. The molecule has 0 aliphatic carbocycles. The lowest BCUT2D eigenvalue weighted by molar-refractivity contribution is 0.112. The second-order valence-corrected chi connectivity index (χ2v) is 6.69. The highest BCUT2D eigenvalue weighted by Crippen LogP contribution is 2.41. The van der Waals surface area contributed by atoms with Gasteiger partial charge in [-0.3, -0.25) is 4.79 Å². The Labute approximate surface area is 155 Å². The predicted molar refractivity (Wildman–Crippen MR) is 110 cm³/mol. The molecule has 0 N–H and O–H groups in total. The van der Waals surface area contributed by atoms with Crippen molar-refractivity contribution >= 4 is 12.5 Å². The van der Waals surface area contributed by atoms with Crippen LogP contribution in [0.2, 0.25) is 0 Å². The molecule has 132 valence electrons. The van der Waals surface area contributed by atoms with E-state index in [1.54, 1.807) is 0 Å². The van der Waals surface area contributed by atoms with Crippen LogP contribution in [0.3, 0.4) is 0 Å². The second-order valence-electron chi connectivity index (χ2n) is 6.69. The molecule has 3 aromatic rings. The molecule has 1 aromatic heterocycles. The third kappa shape index (κ3) is 3.28. The van der Waals surface area contributed by atoms with Gasteiger partial charge in [0.25, 0.3) is 0 Å². The van der Waals surface area contributed by atoms with E-state index >= 15 is 0 Å². The van der Waals surface area contributed by atoms with Gasteiger partial charge in [-0.25, -0.2) is 0 Å². The average molecular weight is 343 g/mol. The topological polar surface area (TPSA) is 22.0 Å². The van der Waals surface area contributed by atoms with Crippen molar-refractivity contribution in [1.29, 1.82) is 0 Å². The maximum Gasteiger partial charge on any atom is 0.152 e. The Hall–Kier alpha value is -2.87. The Morgan fingerprint density at radius 1 is 0.923 bits per heavy atom. The van der Waals surface area contributed by atoms with Gasteiger partial charge in [0, 0.05) is 23.0 Å². The van der Waals surface area contributed by atoms with Crippen LogP contribution in [0.25, 0.3) is 28.6 Å². The van der Waals surface area contributed by atoms with E-state index < -0.39 is 0 Å². The van der Waals surface area contributed by atoms with Gasteiger partial charge in [-0.15, -0.1) is 0 Å². The summed E-state index contributed by atoms with van der Waals surface area (Å²) in [5, 5.41) is 0. The van der Waals surface area contributed by atoms with Crippen molar-refractivity contribution in [2.24, 2.45) is 0 Å². The fourth-order valence-electron chi connectivity index (χ4n) is 3.48. The number of nitrogens with zero attached hydrogens (tertiary/aromatic N) is 1. The van der Waals surface area contributed by atoms with Crippen LogP contribution in [0.5, 0.6) is 0 Å². The van der Waals surface area contributed by atoms with E-state index in [9.17, 15) is 4.79 Å². The van der Waals surface area contributed by atoms with E-state index in [1.165, 1.54) is 0 Å². The molecule has 0 unspecified atom stereocenters. The Balaban J connectivity index is 2.45. The zero-order valence-electron chi connectivity index (χ0n) is 15.6. The van der Waals surface area contributed by atoms with Gasteiger partial charge in [-0.1, -0.05) is 87.5 Å². The first kappa shape index (κ1) is 17.9. The first-order chi connectivity index (χ1) is 12.7. The predicted octanol–water partition coefficient (Wildman–Crippen LogP) is 6.64. The maximum atomic E-state index is 12.2. The van der Waals surface area contributed by atoms with Gasteiger partial charge < -0.3 is 4.57 Å². The van der Waals surface area contributed by atoms with Crippen LogP contribution in [0, 0.1) is 0 Å². The number of aldehydes is 1. The molecule has 0 aliphatic rings. The fraction of sp³-hybridized carbons (Fsp3) is 0.208. The van der Waals surface area contributed by atoms with E-state index in [-0.39, 0.29) is 5.92 Å². The molecular formula is C24H25NO. The van der Waals surface area contributed by atoms with E-state index in [2.05, 4.69) is 61.9 Å². The largest absolute Gasteiger partial charge is 0.319 e. The van der Waals surface area contributed by atoms with Crippen LogP contribution >= 0.6 is 0 Å². The van der Waals surface area contributed by atoms with E-state index in [1.807, 2.05) is 36.4 Å². The summed E-state index contributed by atoms with van der Waals surface area (Å²) >= 11 is 0. The minimum atomic E-state index is 0.233. The van der Waals surface area contributed by atoms with Crippen LogP contribution in [0.15, 0.2) is 66.7 Å². The average Bonchev–Trinajstić information content (AvgIpc) is 3.02. The van der Waals surface area contributed by atoms with Crippen molar-refractivity contribution in [3.05, 3.63) is 78.0 Å². The fourth-order valence-corrected chi connectivity index (χ4v) is 3.48. The minimum Gasteiger partial charge on any atom is -0.319 e. The number of carbonyl (C=O) groups excluding carboxylic acids is 1. The molecule has 0 aliphatic heterocycles. The quantitative estimate of drug-likeness (QED) is 0.460. The summed E-state index contributed by atoms with van der Waals surface area (Å²) in [7, 11) is 0. The van der Waals surface area contributed by atoms with E-state index in [4.69, 9.17) is 0 Å². The second kappa shape index (κ2) is 8.01. The Kier molecular flexibility index (Phi) is 5.52. The molecule has 0 spiro atoms. The standard InChI is InChI=1S/C24H25NO/c1-4-5-16-25-23(18(2)3)21(17-26)22(19-12-8-6-9-13-19)24(25)20-14-10-7-11-15-20/h5-18H,4H2,1-3H3/b16-5+. The molecule has 0 radical (unpaired) electrons. The van der Waals surface area contributed by atoms with Gasteiger partial charge in [0.05, 0.1) is 5.69 Å². The smallest absolute Gasteiger partial charge is 0.152 e. The van der Waals surface area contributed by atoms with Crippen LogP contribution in [0.4, 0.5) is 0 Å². The van der Waals surface area contributed by atoms with Crippen molar-refractivity contribution < 1.29 is 4.79 Å². The lowest BCUT2D eigenvalue weighted by Crippen LogP contribution is -2.01. The highest BCUT2D eigenvalue weighted by Gasteiger charge is 2.25. The monoisotopic (exact) mass is 343 g/mol. The summed E-state index contributed by atoms with van der Waals surface area (Å²) < 4.78 is 2.20. The van der Waals surface area contributed by atoms with Gasteiger partial charge in [0.1, 0.15) is 0 Å². The van der Waals surface area contributed by atoms with Crippen LogP contribution in [-0.4, -0.2) is 10.9 Å². The highest BCUT2D eigenvalue weighted by atomic mass is 16.1. The normalized spacial score (nSPS) is 11.4. The maximum absolute atomic E-state index is 12.2. The molecule has 26 heavy (non-hydrogen) atoms. The molecule has 2 aromatic carbocycles. The van der Waals surface area contributed by atoms with Crippen LogP contribution < -0.4 is 0 Å². The first-order valence-corrected chi connectivity index (χ1v) is 9.19. The molecule has 0 saturated heterocycles. The summed E-state index contributed by atoms with van der Waals surface area (Å²) in [6.07, 6.45) is 6.21. The number of hydrogen-bond donors (Lipinski definition) is 0. The lowest BCUT2D eigenvalue weighted by atomic mass is 9.96.